The zero-order valence-corrected chi connectivity index (χ0v) is 11.4. The molecule has 0 unspecified atom stereocenters. The summed E-state index contributed by atoms with van der Waals surface area (Å²) in [6, 6.07) is 6.65. The number of hydrogen-bond acceptors (Lipinski definition) is 4. The number of hydrogen-bond donors (Lipinski definition) is 2. The molecule has 0 bridgehead atoms. The Bertz CT molecular complexity index is 736. The summed E-state index contributed by atoms with van der Waals surface area (Å²) in [5.41, 5.74) is 6.19. The molecule has 5 nitrogen and oxygen atoms in total. The molecule has 0 fully saturated rings. The van der Waals surface area contributed by atoms with Crippen molar-refractivity contribution >= 4 is 28.9 Å². The average molecular weight is 309 g/mol. The second-order valence-corrected chi connectivity index (χ2v) is 4.78. The first-order valence-corrected chi connectivity index (χ1v) is 6.38. The first-order valence-electron chi connectivity index (χ1n) is 6.00. The van der Waals surface area contributed by atoms with Crippen LogP contribution >= 0.6 is 11.6 Å². The van der Waals surface area contributed by atoms with E-state index in [0.29, 0.717) is 22.2 Å². The van der Waals surface area contributed by atoms with Crippen molar-refractivity contribution in [1.29, 1.82) is 0 Å². The third kappa shape index (κ3) is 2.57. The molecule has 0 atom stereocenters. The number of carbonyl (C=O) groups is 1. The Kier molecular flexibility index (Phi) is 3.31. The van der Waals surface area contributed by atoms with Crippen LogP contribution in [0.25, 0.3) is 0 Å². The lowest BCUT2D eigenvalue weighted by Gasteiger charge is -2.10. The highest BCUT2D eigenvalue weighted by Gasteiger charge is 2.18. The predicted octanol–water partition coefficient (Wildman–Crippen LogP) is 3.04. The van der Waals surface area contributed by atoms with Crippen LogP contribution in [-0.4, -0.2) is 12.7 Å². The topological polar surface area (TPSA) is 73.6 Å². The van der Waals surface area contributed by atoms with E-state index in [-0.39, 0.29) is 18.0 Å². The van der Waals surface area contributed by atoms with Crippen LogP contribution in [0.15, 0.2) is 30.3 Å². The van der Waals surface area contributed by atoms with E-state index >= 15 is 0 Å². The Labute approximate surface area is 124 Å². The summed E-state index contributed by atoms with van der Waals surface area (Å²) in [7, 11) is 0. The van der Waals surface area contributed by atoms with Gasteiger partial charge in [-0.15, -0.1) is 0 Å². The quantitative estimate of drug-likeness (QED) is 0.836. The van der Waals surface area contributed by atoms with E-state index in [0.717, 1.165) is 12.1 Å². The van der Waals surface area contributed by atoms with Crippen molar-refractivity contribution in [3.05, 3.63) is 46.7 Å². The minimum absolute atomic E-state index is 0.0457. The zero-order chi connectivity index (χ0) is 15.0. The van der Waals surface area contributed by atoms with E-state index < -0.39 is 11.7 Å². The predicted molar refractivity (Wildman–Crippen MR) is 76.3 cm³/mol. The third-order valence-corrected chi connectivity index (χ3v) is 3.28. The molecule has 0 radical (unpaired) electrons. The van der Waals surface area contributed by atoms with Gasteiger partial charge in [0.05, 0.1) is 16.3 Å². The van der Waals surface area contributed by atoms with Crippen molar-refractivity contribution in [3.8, 4) is 11.5 Å². The normalized spacial score (nSPS) is 12.3. The number of nitrogens with two attached hydrogens (primary N) is 1. The molecule has 0 aliphatic carbocycles. The number of ether oxygens (including phenoxy) is 2. The molecule has 2 aromatic carbocycles. The minimum atomic E-state index is -0.509. The van der Waals surface area contributed by atoms with Crippen LogP contribution in [0, 0.1) is 5.82 Å². The van der Waals surface area contributed by atoms with Crippen LogP contribution in [0.3, 0.4) is 0 Å². The summed E-state index contributed by atoms with van der Waals surface area (Å²) >= 11 is 6.06. The van der Waals surface area contributed by atoms with Gasteiger partial charge in [-0.25, -0.2) is 4.39 Å². The molecule has 0 aromatic heterocycles. The van der Waals surface area contributed by atoms with Crippen LogP contribution < -0.4 is 20.5 Å². The van der Waals surface area contributed by atoms with Crippen molar-refractivity contribution in [2.45, 2.75) is 0 Å². The number of nitrogen functional groups attached to an aromatic ring is 1. The lowest BCUT2D eigenvalue weighted by molar-refractivity contribution is 0.102. The Balaban J connectivity index is 1.88. The molecule has 0 saturated carbocycles. The molecular formula is C14H10ClFN2O3. The van der Waals surface area contributed by atoms with Crippen molar-refractivity contribution in [2.75, 3.05) is 17.8 Å². The Hall–Kier alpha value is -2.47. The van der Waals surface area contributed by atoms with Gasteiger partial charge in [-0.3, -0.25) is 4.79 Å². The fraction of sp³-hybridized carbons (Fsp3) is 0.0714. The number of amides is 1. The minimum Gasteiger partial charge on any atom is -0.454 e. The molecule has 1 amide bonds. The number of halogens is 2. The number of nitrogens with one attached hydrogen (secondary N) is 1. The fourth-order valence-corrected chi connectivity index (χ4v) is 2.14. The van der Waals surface area contributed by atoms with Gasteiger partial charge < -0.3 is 20.5 Å². The van der Waals surface area contributed by atoms with E-state index in [9.17, 15) is 9.18 Å². The van der Waals surface area contributed by atoms with Crippen LogP contribution in [0.2, 0.25) is 5.02 Å². The molecule has 108 valence electrons. The van der Waals surface area contributed by atoms with E-state index in [1.165, 1.54) is 6.07 Å². The SMILES string of the molecule is Nc1cc(F)ccc1C(=O)Nc1cc2c(cc1Cl)OCO2. The maximum Gasteiger partial charge on any atom is 0.257 e. The summed E-state index contributed by atoms with van der Waals surface area (Å²) < 4.78 is 23.4. The van der Waals surface area contributed by atoms with Crippen LogP contribution in [0.4, 0.5) is 15.8 Å². The molecule has 3 N–H and O–H groups in total. The van der Waals surface area contributed by atoms with Crippen molar-refractivity contribution in [2.24, 2.45) is 0 Å². The Morgan fingerprint density at radius 2 is 1.95 bits per heavy atom. The van der Waals surface area contributed by atoms with E-state index in [4.69, 9.17) is 26.8 Å². The second-order valence-electron chi connectivity index (χ2n) is 4.37. The van der Waals surface area contributed by atoms with Crippen molar-refractivity contribution in [1.82, 2.24) is 0 Å². The first-order chi connectivity index (χ1) is 10.0. The first kappa shape index (κ1) is 13.5. The summed E-state index contributed by atoms with van der Waals surface area (Å²) in [6.45, 7) is 0.105. The van der Waals surface area contributed by atoms with Crippen LogP contribution in [-0.2, 0) is 0 Å². The number of carbonyl (C=O) groups excluding carboxylic acids is 1. The van der Waals surface area contributed by atoms with Gasteiger partial charge in [0.1, 0.15) is 5.82 Å². The molecule has 7 heteroatoms. The standard InChI is InChI=1S/C14H10ClFN2O3/c15-9-4-12-13(21-6-20-12)5-11(9)18-14(19)8-2-1-7(16)3-10(8)17/h1-5H,6,17H2,(H,18,19). The van der Waals surface area contributed by atoms with Crippen molar-refractivity contribution < 1.29 is 18.7 Å². The van der Waals surface area contributed by atoms with Gasteiger partial charge in [-0.1, -0.05) is 11.6 Å². The average Bonchev–Trinajstić information content (AvgIpc) is 2.86. The number of benzene rings is 2. The zero-order valence-electron chi connectivity index (χ0n) is 10.7. The molecule has 21 heavy (non-hydrogen) atoms. The molecule has 3 rings (SSSR count). The molecule has 1 aliphatic rings. The smallest absolute Gasteiger partial charge is 0.257 e. The highest BCUT2D eigenvalue weighted by atomic mass is 35.5. The van der Waals surface area contributed by atoms with Gasteiger partial charge in [0, 0.05) is 17.8 Å². The lowest BCUT2D eigenvalue weighted by Crippen LogP contribution is -2.14. The molecule has 1 heterocycles. The number of anilines is 2. The Morgan fingerprint density at radius 1 is 1.24 bits per heavy atom. The van der Waals surface area contributed by atoms with Gasteiger partial charge in [0.2, 0.25) is 6.79 Å². The number of rotatable bonds is 2. The van der Waals surface area contributed by atoms with Gasteiger partial charge in [0.25, 0.3) is 5.91 Å². The highest BCUT2D eigenvalue weighted by Crippen LogP contribution is 2.39. The summed E-state index contributed by atoms with van der Waals surface area (Å²) in [6.07, 6.45) is 0. The molecular weight excluding hydrogens is 299 g/mol. The number of fused-ring (bicyclic) bond motifs is 1. The highest BCUT2D eigenvalue weighted by molar-refractivity contribution is 6.34. The summed E-state index contributed by atoms with van der Waals surface area (Å²) in [5.74, 6) is -0.000463. The molecule has 0 saturated heterocycles. The van der Waals surface area contributed by atoms with Crippen LogP contribution in [0.1, 0.15) is 10.4 Å². The monoisotopic (exact) mass is 308 g/mol. The molecule has 1 aliphatic heterocycles. The van der Waals surface area contributed by atoms with Crippen molar-refractivity contribution in [3.63, 3.8) is 0 Å². The second kappa shape index (κ2) is 5.14. The van der Waals surface area contributed by atoms with Gasteiger partial charge >= 0.3 is 0 Å². The summed E-state index contributed by atoms with van der Waals surface area (Å²) in [5, 5.41) is 2.91. The van der Waals surface area contributed by atoms with Gasteiger partial charge in [-0.2, -0.15) is 0 Å². The molecule has 0 spiro atoms. The van der Waals surface area contributed by atoms with E-state index in [1.54, 1.807) is 12.1 Å². The van der Waals surface area contributed by atoms with Crippen LogP contribution in [0.5, 0.6) is 11.5 Å². The lowest BCUT2D eigenvalue weighted by atomic mass is 10.1. The third-order valence-electron chi connectivity index (χ3n) is 2.97. The molecule has 2 aromatic rings. The van der Waals surface area contributed by atoms with Gasteiger partial charge in [-0.05, 0) is 18.2 Å². The summed E-state index contributed by atoms with van der Waals surface area (Å²) in [4.78, 5) is 12.2. The maximum atomic E-state index is 13.0. The maximum absolute atomic E-state index is 13.0. The fourth-order valence-electron chi connectivity index (χ4n) is 1.94. The largest absolute Gasteiger partial charge is 0.454 e. The van der Waals surface area contributed by atoms with E-state index in [2.05, 4.69) is 5.32 Å². The Morgan fingerprint density at radius 3 is 2.67 bits per heavy atom. The van der Waals surface area contributed by atoms with Gasteiger partial charge in [0.15, 0.2) is 11.5 Å². The van der Waals surface area contributed by atoms with E-state index in [1.807, 2.05) is 0 Å².